The van der Waals surface area contributed by atoms with E-state index < -0.39 is 0 Å². The summed E-state index contributed by atoms with van der Waals surface area (Å²) in [7, 11) is 1.96. The molecule has 0 aliphatic carbocycles. The summed E-state index contributed by atoms with van der Waals surface area (Å²) in [4.78, 5) is 0. The molecule has 0 aromatic heterocycles. The van der Waals surface area contributed by atoms with Crippen molar-refractivity contribution in [2.24, 2.45) is 5.92 Å². The van der Waals surface area contributed by atoms with Crippen LogP contribution in [0.15, 0.2) is 42.6 Å². The van der Waals surface area contributed by atoms with Gasteiger partial charge in [0.25, 0.3) is 0 Å². The van der Waals surface area contributed by atoms with Crippen LogP contribution in [-0.2, 0) is 6.42 Å². The summed E-state index contributed by atoms with van der Waals surface area (Å²) in [6.45, 7) is 8.20. The highest BCUT2D eigenvalue weighted by Crippen LogP contribution is 2.12. The molecular weight excluding hydrogens is 196 g/mol. The lowest BCUT2D eigenvalue weighted by Gasteiger charge is -2.16. The van der Waals surface area contributed by atoms with Gasteiger partial charge in [0, 0.05) is 18.8 Å². The molecule has 2 heteroatoms. The van der Waals surface area contributed by atoms with Gasteiger partial charge in [-0.1, -0.05) is 43.8 Å². The molecule has 0 fully saturated rings. The van der Waals surface area contributed by atoms with Gasteiger partial charge in [-0.25, -0.2) is 0 Å². The number of rotatable bonds is 7. The Bertz CT molecular complexity index is 306. The summed E-state index contributed by atoms with van der Waals surface area (Å²) < 4.78 is 0. The Morgan fingerprint density at radius 3 is 2.56 bits per heavy atom. The minimum Gasteiger partial charge on any atom is -0.387 e. The molecule has 1 rings (SSSR count). The van der Waals surface area contributed by atoms with Crippen molar-refractivity contribution in [2.75, 3.05) is 20.1 Å². The van der Waals surface area contributed by atoms with E-state index in [1.54, 1.807) is 0 Å². The normalized spacial score (nSPS) is 12.1. The number of benzene rings is 1. The van der Waals surface area contributed by atoms with Crippen LogP contribution in [-0.4, -0.2) is 20.1 Å². The SMILES string of the molecule is C=C(NCCNC)C(C)Cc1ccccc1. The summed E-state index contributed by atoms with van der Waals surface area (Å²) in [5, 5.41) is 6.45. The molecule has 1 unspecified atom stereocenters. The first-order valence-electron chi connectivity index (χ1n) is 5.85. The average molecular weight is 218 g/mol. The Morgan fingerprint density at radius 1 is 1.25 bits per heavy atom. The quantitative estimate of drug-likeness (QED) is 0.686. The number of allylic oxidation sites excluding steroid dienone is 1. The third-order valence-electron chi connectivity index (χ3n) is 2.71. The molecule has 0 radical (unpaired) electrons. The van der Waals surface area contributed by atoms with E-state index in [-0.39, 0.29) is 0 Å². The first-order chi connectivity index (χ1) is 7.74. The van der Waals surface area contributed by atoms with Crippen LogP contribution in [0, 0.1) is 5.92 Å². The van der Waals surface area contributed by atoms with Crippen LogP contribution in [0.25, 0.3) is 0 Å². The van der Waals surface area contributed by atoms with Crippen LogP contribution in [0.3, 0.4) is 0 Å². The molecule has 1 atom stereocenters. The summed E-state index contributed by atoms with van der Waals surface area (Å²) in [6, 6.07) is 10.5. The fourth-order valence-electron chi connectivity index (χ4n) is 1.61. The molecule has 0 bridgehead atoms. The van der Waals surface area contributed by atoms with E-state index in [4.69, 9.17) is 0 Å². The summed E-state index contributed by atoms with van der Waals surface area (Å²) in [5.41, 5.74) is 2.49. The van der Waals surface area contributed by atoms with Crippen molar-refractivity contribution in [3.05, 3.63) is 48.2 Å². The van der Waals surface area contributed by atoms with Crippen LogP contribution in [0.4, 0.5) is 0 Å². The van der Waals surface area contributed by atoms with Gasteiger partial charge >= 0.3 is 0 Å². The smallest absolute Gasteiger partial charge is 0.0269 e. The second-order valence-electron chi connectivity index (χ2n) is 4.15. The van der Waals surface area contributed by atoms with Crippen molar-refractivity contribution in [3.8, 4) is 0 Å². The van der Waals surface area contributed by atoms with Crippen LogP contribution in [0.1, 0.15) is 12.5 Å². The largest absolute Gasteiger partial charge is 0.387 e. The number of hydrogen-bond acceptors (Lipinski definition) is 2. The van der Waals surface area contributed by atoms with Crippen molar-refractivity contribution in [2.45, 2.75) is 13.3 Å². The maximum atomic E-state index is 4.08. The van der Waals surface area contributed by atoms with Gasteiger partial charge in [0.1, 0.15) is 0 Å². The number of hydrogen-bond donors (Lipinski definition) is 2. The predicted molar refractivity (Wildman–Crippen MR) is 70.4 cm³/mol. The third kappa shape index (κ3) is 4.49. The second kappa shape index (κ2) is 7.07. The molecular formula is C14H22N2. The minimum absolute atomic E-state index is 0.472. The molecule has 2 nitrogen and oxygen atoms in total. The van der Waals surface area contributed by atoms with Crippen molar-refractivity contribution in [1.29, 1.82) is 0 Å². The molecule has 0 aliphatic rings. The van der Waals surface area contributed by atoms with Crippen molar-refractivity contribution in [3.63, 3.8) is 0 Å². The molecule has 0 amide bonds. The van der Waals surface area contributed by atoms with Crippen molar-refractivity contribution in [1.82, 2.24) is 10.6 Å². The zero-order valence-electron chi connectivity index (χ0n) is 10.3. The molecule has 0 saturated carbocycles. The zero-order valence-corrected chi connectivity index (χ0v) is 10.3. The van der Waals surface area contributed by atoms with E-state index in [0.29, 0.717) is 5.92 Å². The molecule has 16 heavy (non-hydrogen) atoms. The number of likely N-dealkylation sites (N-methyl/N-ethyl adjacent to an activating group) is 1. The fraction of sp³-hybridized carbons (Fsp3) is 0.429. The standard InChI is InChI=1S/C14H22N2/c1-12(13(2)16-10-9-15-3)11-14-7-5-4-6-8-14/h4-8,12,15-16H,2,9-11H2,1,3H3. The Morgan fingerprint density at radius 2 is 1.94 bits per heavy atom. The Balaban J connectivity index is 2.34. The molecule has 88 valence electrons. The van der Waals surface area contributed by atoms with Crippen molar-refractivity contribution < 1.29 is 0 Å². The van der Waals surface area contributed by atoms with Crippen LogP contribution in [0.2, 0.25) is 0 Å². The first-order valence-corrected chi connectivity index (χ1v) is 5.85. The van der Waals surface area contributed by atoms with Gasteiger partial charge in [-0.15, -0.1) is 0 Å². The van der Waals surface area contributed by atoms with Gasteiger partial charge in [0.15, 0.2) is 0 Å². The maximum absolute atomic E-state index is 4.08. The van der Waals surface area contributed by atoms with Gasteiger partial charge in [-0.2, -0.15) is 0 Å². The van der Waals surface area contributed by atoms with E-state index in [9.17, 15) is 0 Å². The lowest BCUT2D eigenvalue weighted by molar-refractivity contribution is 0.595. The molecule has 1 aromatic rings. The van der Waals surface area contributed by atoms with Crippen LogP contribution < -0.4 is 10.6 Å². The summed E-state index contributed by atoms with van der Waals surface area (Å²) >= 11 is 0. The zero-order chi connectivity index (χ0) is 11.8. The average Bonchev–Trinajstić information content (AvgIpc) is 2.30. The molecule has 0 saturated heterocycles. The summed E-state index contributed by atoms with van der Waals surface area (Å²) in [6.07, 6.45) is 1.05. The van der Waals surface area contributed by atoms with E-state index in [1.165, 1.54) is 5.56 Å². The van der Waals surface area contributed by atoms with Gasteiger partial charge < -0.3 is 10.6 Å². The second-order valence-corrected chi connectivity index (χ2v) is 4.15. The Kier molecular flexibility index (Phi) is 5.65. The highest BCUT2D eigenvalue weighted by molar-refractivity contribution is 5.17. The van der Waals surface area contributed by atoms with Gasteiger partial charge in [0.05, 0.1) is 0 Å². The monoisotopic (exact) mass is 218 g/mol. The predicted octanol–water partition coefficient (Wildman–Crippen LogP) is 2.19. The molecule has 2 N–H and O–H groups in total. The molecule has 1 aromatic carbocycles. The first kappa shape index (κ1) is 12.8. The molecule has 0 aliphatic heterocycles. The van der Waals surface area contributed by atoms with Gasteiger partial charge in [0.2, 0.25) is 0 Å². The topological polar surface area (TPSA) is 24.1 Å². The third-order valence-corrected chi connectivity index (χ3v) is 2.71. The lowest BCUT2D eigenvalue weighted by atomic mass is 9.99. The Hall–Kier alpha value is -1.28. The lowest BCUT2D eigenvalue weighted by Crippen LogP contribution is -2.27. The van der Waals surface area contributed by atoms with E-state index in [0.717, 1.165) is 25.2 Å². The van der Waals surface area contributed by atoms with Gasteiger partial charge in [-0.3, -0.25) is 0 Å². The minimum atomic E-state index is 0.472. The van der Waals surface area contributed by atoms with Crippen molar-refractivity contribution >= 4 is 0 Å². The van der Waals surface area contributed by atoms with Gasteiger partial charge in [-0.05, 0) is 24.9 Å². The Labute approximate surface area is 98.8 Å². The fourth-order valence-corrected chi connectivity index (χ4v) is 1.61. The maximum Gasteiger partial charge on any atom is 0.0269 e. The highest BCUT2D eigenvalue weighted by Gasteiger charge is 2.06. The van der Waals surface area contributed by atoms with E-state index >= 15 is 0 Å². The molecule has 0 spiro atoms. The van der Waals surface area contributed by atoms with E-state index in [1.807, 2.05) is 13.1 Å². The highest BCUT2D eigenvalue weighted by atomic mass is 14.9. The van der Waals surface area contributed by atoms with E-state index in [2.05, 4.69) is 48.4 Å². The molecule has 0 heterocycles. The number of nitrogens with one attached hydrogen (secondary N) is 2. The summed E-state index contributed by atoms with van der Waals surface area (Å²) in [5.74, 6) is 0.472. The van der Waals surface area contributed by atoms with Crippen LogP contribution >= 0.6 is 0 Å². The van der Waals surface area contributed by atoms with Crippen LogP contribution in [0.5, 0.6) is 0 Å².